The van der Waals surface area contributed by atoms with Crippen molar-refractivity contribution in [2.45, 2.75) is 6.92 Å². The number of hydrogen-bond donors (Lipinski definition) is 0. The Bertz CT molecular complexity index is 737. The van der Waals surface area contributed by atoms with Crippen molar-refractivity contribution in [1.82, 2.24) is 4.98 Å². The highest BCUT2D eigenvalue weighted by atomic mass is 16.6. The van der Waals surface area contributed by atoms with Crippen molar-refractivity contribution < 1.29 is 14.4 Å². The Kier molecular flexibility index (Phi) is 4.00. The van der Waals surface area contributed by atoms with Crippen LogP contribution in [0, 0.1) is 28.4 Å². The Morgan fingerprint density at radius 1 is 1.33 bits per heavy atom. The SMILES string of the molecule is COc1ccc(Oc2cc(C#N)cc(C)n2)c([N+](=O)[O-])c1. The minimum absolute atomic E-state index is 0.0304. The third kappa shape index (κ3) is 3.25. The maximum atomic E-state index is 11.1. The van der Waals surface area contributed by atoms with Gasteiger partial charge in [-0.2, -0.15) is 5.26 Å². The van der Waals surface area contributed by atoms with Gasteiger partial charge >= 0.3 is 5.69 Å². The summed E-state index contributed by atoms with van der Waals surface area (Å²) in [6, 6.07) is 9.21. The number of pyridine rings is 1. The van der Waals surface area contributed by atoms with Crippen LogP contribution in [0.3, 0.4) is 0 Å². The van der Waals surface area contributed by atoms with Crippen LogP contribution in [0.4, 0.5) is 5.69 Å². The Hall–Kier alpha value is -3.14. The number of rotatable bonds is 4. The molecular formula is C14H11N3O4. The van der Waals surface area contributed by atoms with Crippen LogP contribution in [0.15, 0.2) is 30.3 Å². The first kappa shape index (κ1) is 14.3. The molecule has 0 atom stereocenters. The summed E-state index contributed by atoms with van der Waals surface area (Å²) in [6.45, 7) is 1.70. The van der Waals surface area contributed by atoms with Crippen LogP contribution in [-0.2, 0) is 0 Å². The summed E-state index contributed by atoms with van der Waals surface area (Å²) in [6.07, 6.45) is 0. The predicted octanol–water partition coefficient (Wildman–Crippen LogP) is 2.97. The third-order valence-electron chi connectivity index (χ3n) is 2.64. The normalized spacial score (nSPS) is 9.76. The highest BCUT2D eigenvalue weighted by Crippen LogP contribution is 2.34. The van der Waals surface area contributed by atoms with Crippen LogP contribution in [-0.4, -0.2) is 17.0 Å². The van der Waals surface area contributed by atoms with E-state index in [1.807, 2.05) is 6.07 Å². The van der Waals surface area contributed by atoms with Crippen molar-refractivity contribution in [2.24, 2.45) is 0 Å². The number of ether oxygens (including phenoxy) is 2. The van der Waals surface area contributed by atoms with Gasteiger partial charge in [0.15, 0.2) is 0 Å². The quantitative estimate of drug-likeness (QED) is 0.632. The smallest absolute Gasteiger partial charge is 0.315 e. The van der Waals surface area contributed by atoms with Gasteiger partial charge in [0.2, 0.25) is 11.6 Å². The molecule has 0 saturated heterocycles. The number of hydrogen-bond acceptors (Lipinski definition) is 6. The molecule has 0 fully saturated rings. The van der Waals surface area contributed by atoms with E-state index in [-0.39, 0.29) is 17.3 Å². The molecule has 0 aliphatic carbocycles. The second kappa shape index (κ2) is 5.88. The van der Waals surface area contributed by atoms with Gasteiger partial charge < -0.3 is 9.47 Å². The molecule has 0 N–H and O–H groups in total. The van der Waals surface area contributed by atoms with Crippen molar-refractivity contribution in [3.63, 3.8) is 0 Å². The fourth-order valence-electron chi connectivity index (χ4n) is 1.72. The summed E-state index contributed by atoms with van der Waals surface area (Å²) in [4.78, 5) is 14.6. The van der Waals surface area contributed by atoms with E-state index in [0.29, 0.717) is 17.0 Å². The molecule has 0 bridgehead atoms. The van der Waals surface area contributed by atoms with Crippen LogP contribution in [0.1, 0.15) is 11.3 Å². The highest BCUT2D eigenvalue weighted by Gasteiger charge is 2.18. The largest absolute Gasteiger partial charge is 0.496 e. The number of methoxy groups -OCH3 is 1. The molecule has 2 aromatic rings. The van der Waals surface area contributed by atoms with Crippen LogP contribution in [0.2, 0.25) is 0 Å². The Labute approximate surface area is 120 Å². The van der Waals surface area contributed by atoms with E-state index in [1.54, 1.807) is 19.1 Å². The number of benzene rings is 1. The van der Waals surface area contributed by atoms with Gasteiger partial charge in [0, 0.05) is 11.8 Å². The lowest BCUT2D eigenvalue weighted by molar-refractivity contribution is -0.385. The Morgan fingerprint density at radius 3 is 2.71 bits per heavy atom. The summed E-state index contributed by atoms with van der Waals surface area (Å²) in [5.41, 5.74) is 0.713. The molecule has 21 heavy (non-hydrogen) atoms. The van der Waals surface area contributed by atoms with Crippen molar-refractivity contribution in [3.05, 3.63) is 51.7 Å². The predicted molar refractivity (Wildman–Crippen MR) is 73.4 cm³/mol. The number of nitrogens with zero attached hydrogens (tertiary/aromatic N) is 3. The lowest BCUT2D eigenvalue weighted by Gasteiger charge is -2.07. The van der Waals surface area contributed by atoms with Gasteiger partial charge in [0.05, 0.1) is 29.7 Å². The van der Waals surface area contributed by atoms with Crippen LogP contribution in [0.25, 0.3) is 0 Å². The van der Waals surface area contributed by atoms with E-state index < -0.39 is 4.92 Å². The second-order valence-corrected chi connectivity index (χ2v) is 4.14. The summed E-state index contributed by atoms with van der Waals surface area (Å²) in [5, 5.41) is 20.0. The monoisotopic (exact) mass is 285 g/mol. The van der Waals surface area contributed by atoms with E-state index in [2.05, 4.69) is 4.98 Å². The fourth-order valence-corrected chi connectivity index (χ4v) is 1.72. The van der Waals surface area contributed by atoms with Crippen molar-refractivity contribution in [1.29, 1.82) is 5.26 Å². The zero-order chi connectivity index (χ0) is 15.4. The van der Waals surface area contributed by atoms with E-state index >= 15 is 0 Å². The van der Waals surface area contributed by atoms with Gasteiger partial charge in [-0.15, -0.1) is 0 Å². The van der Waals surface area contributed by atoms with E-state index in [4.69, 9.17) is 14.7 Å². The molecule has 1 heterocycles. The van der Waals surface area contributed by atoms with Gasteiger partial charge in [0.25, 0.3) is 0 Å². The highest BCUT2D eigenvalue weighted by molar-refractivity contribution is 5.52. The molecule has 7 heteroatoms. The molecule has 0 spiro atoms. The topological polar surface area (TPSA) is 98.3 Å². The van der Waals surface area contributed by atoms with E-state index in [1.165, 1.54) is 25.3 Å². The molecule has 2 rings (SSSR count). The number of aromatic nitrogens is 1. The molecule has 0 amide bonds. The molecule has 0 unspecified atom stereocenters. The standard InChI is InChI=1S/C14H11N3O4/c1-9-5-10(8-15)6-14(16-9)21-13-4-3-11(20-2)7-12(13)17(18)19/h3-7H,1-2H3. The first-order valence-corrected chi connectivity index (χ1v) is 5.92. The molecular weight excluding hydrogens is 274 g/mol. The minimum Gasteiger partial charge on any atom is -0.496 e. The van der Waals surface area contributed by atoms with Crippen LogP contribution >= 0.6 is 0 Å². The summed E-state index contributed by atoms with van der Waals surface area (Å²) >= 11 is 0. The average Bonchev–Trinajstić information content (AvgIpc) is 2.46. The molecule has 0 aliphatic heterocycles. The zero-order valence-corrected chi connectivity index (χ0v) is 11.4. The molecule has 0 saturated carbocycles. The molecule has 106 valence electrons. The summed E-state index contributed by atoms with van der Waals surface area (Å²) < 4.78 is 10.4. The van der Waals surface area contributed by atoms with E-state index in [0.717, 1.165) is 0 Å². The lowest BCUT2D eigenvalue weighted by Crippen LogP contribution is -1.97. The fraction of sp³-hybridized carbons (Fsp3) is 0.143. The zero-order valence-electron chi connectivity index (χ0n) is 11.4. The van der Waals surface area contributed by atoms with Crippen LogP contribution < -0.4 is 9.47 Å². The third-order valence-corrected chi connectivity index (χ3v) is 2.64. The molecule has 0 aliphatic rings. The maximum absolute atomic E-state index is 11.1. The number of aryl methyl sites for hydroxylation is 1. The molecule has 1 aromatic carbocycles. The summed E-state index contributed by atoms with van der Waals surface area (Å²) in [7, 11) is 1.42. The van der Waals surface area contributed by atoms with Gasteiger partial charge in [-0.25, -0.2) is 4.98 Å². The number of nitriles is 1. The number of nitro benzene ring substituents is 1. The average molecular weight is 285 g/mol. The Morgan fingerprint density at radius 2 is 2.10 bits per heavy atom. The van der Waals surface area contributed by atoms with Gasteiger partial charge in [-0.3, -0.25) is 10.1 Å². The van der Waals surface area contributed by atoms with Gasteiger partial charge in [0.1, 0.15) is 5.75 Å². The number of nitro groups is 1. The molecule has 1 aromatic heterocycles. The van der Waals surface area contributed by atoms with Gasteiger partial charge in [-0.05, 0) is 25.1 Å². The van der Waals surface area contributed by atoms with Crippen molar-refractivity contribution in [3.8, 4) is 23.4 Å². The van der Waals surface area contributed by atoms with E-state index in [9.17, 15) is 10.1 Å². The molecule has 0 radical (unpaired) electrons. The summed E-state index contributed by atoms with van der Waals surface area (Å²) in [5.74, 6) is 0.506. The molecule has 7 nitrogen and oxygen atoms in total. The van der Waals surface area contributed by atoms with Crippen molar-refractivity contribution >= 4 is 5.69 Å². The van der Waals surface area contributed by atoms with Crippen molar-refractivity contribution in [2.75, 3.05) is 7.11 Å². The lowest BCUT2D eigenvalue weighted by atomic mass is 10.2. The first-order valence-electron chi connectivity index (χ1n) is 5.92. The van der Waals surface area contributed by atoms with Gasteiger partial charge in [-0.1, -0.05) is 0 Å². The van der Waals surface area contributed by atoms with Crippen LogP contribution in [0.5, 0.6) is 17.4 Å². The maximum Gasteiger partial charge on any atom is 0.315 e. The minimum atomic E-state index is -0.571. The first-order chi connectivity index (χ1) is 10.0. The Balaban J connectivity index is 2.42. The second-order valence-electron chi connectivity index (χ2n) is 4.14.